The van der Waals surface area contributed by atoms with Gasteiger partial charge >= 0.3 is 0 Å². The highest BCUT2D eigenvalue weighted by molar-refractivity contribution is 5.94. The molecule has 0 unspecified atom stereocenters. The van der Waals surface area contributed by atoms with E-state index < -0.39 is 0 Å². The third-order valence-electron chi connectivity index (χ3n) is 4.24. The number of carbonyl (C=O) groups excluding carboxylic acids is 1. The van der Waals surface area contributed by atoms with E-state index >= 15 is 0 Å². The molecule has 0 atom stereocenters. The third-order valence-corrected chi connectivity index (χ3v) is 4.24. The summed E-state index contributed by atoms with van der Waals surface area (Å²) in [4.78, 5) is 25.3. The van der Waals surface area contributed by atoms with E-state index in [0.29, 0.717) is 18.4 Å². The molecule has 2 aromatic rings. The number of para-hydroxylation sites is 1. The molecule has 2 heterocycles. The number of likely N-dealkylation sites (N-methyl/N-ethyl adjacent to an activating group) is 1. The van der Waals surface area contributed by atoms with Crippen LogP contribution in [-0.2, 0) is 4.79 Å². The highest BCUT2D eigenvalue weighted by atomic mass is 16.5. The summed E-state index contributed by atoms with van der Waals surface area (Å²) < 4.78 is 5.68. The van der Waals surface area contributed by atoms with Crippen LogP contribution in [-0.4, -0.2) is 42.1 Å². The first-order chi connectivity index (χ1) is 12.2. The van der Waals surface area contributed by atoms with Crippen molar-refractivity contribution in [1.29, 1.82) is 0 Å². The van der Waals surface area contributed by atoms with Crippen LogP contribution >= 0.6 is 0 Å². The van der Waals surface area contributed by atoms with Crippen molar-refractivity contribution in [2.75, 3.05) is 36.0 Å². The smallest absolute Gasteiger partial charge is 0.264 e. The quantitative estimate of drug-likeness (QED) is 0.809. The van der Waals surface area contributed by atoms with E-state index in [9.17, 15) is 4.79 Å². The summed E-state index contributed by atoms with van der Waals surface area (Å²) >= 11 is 0. The molecule has 1 aliphatic rings. The number of aryl methyl sites for hydroxylation is 1. The lowest BCUT2D eigenvalue weighted by Gasteiger charge is -2.21. The molecule has 0 spiro atoms. The second-order valence-corrected chi connectivity index (χ2v) is 6.10. The first kappa shape index (κ1) is 17.2. The van der Waals surface area contributed by atoms with Crippen LogP contribution in [0.4, 0.5) is 11.6 Å². The topological polar surface area (TPSA) is 58.6 Å². The van der Waals surface area contributed by atoms with Crippen molar-refractivity contribution < 1.29 is 9.53 Å². The maximum Gasteiger partial charge on any atom is 0.264 e. The minimum absolute atomic E-state index is 0.0430. The number of aromatic nitrogens is 2. The number of rotatable bonds is 6. The molecule has 132 valence electrons. The van der Waals surface area contributed by atoms with Gasteiger partial charge in [-0.1, -0.05) is 18.2 Å². The summed E-state index contributed by atoms with van der Waals surface area (Å²) in [7, 11) is 0. The van der Waals surface area contributed by atoms with Crippen molar-refractivity contribution in [3.63, 3.8) is 0 Å². The molecular weight excluding hydrogens is 316 g/mol. The second-order valence-electron chi connectivity index (χ2n) is 6.10. The zero-order valence-electron chi connectivity index (χ0n) is 14.8. The summed E-state index contributed by atoms with van der Waals surface area (Å²) in [5.74, 6) is 1.05. The van der Waals surface area contributed by atoms with Crippen molar-refractivity contribution in [2.24, 2.45) is 0 Å². The van der Waals surface area contributed by atoms with Crippen molar-refractivity contribution >= 4 is 17.5 Å². The largest absolute Gasteiger partial charge is 0.467 e. The Bertz CT molecular complexity index is 715. The molecule has 25 heavy (non-hydrogen) atoms. The van der Waals surface area contributed by atoms with Gasteiger partial charge in [0.1, 0.15) is 0 Å². The molecule has 6 nitrogen and oxygen atoms in total. The molecule has 0 bridgehead atoms. The van der Waals surface area contributed by atoms with Gasteiger partial charge in [0.25, 0.3) is 5.91 Å². The Morgan fingerprint density at radius 1 is 1.20 bits per heavy atom. The van der Waals surface area contributed by atoms with Gasteiger partial charge in [0, 0.05) is 37.1 Å². The summed E-state index contributed by atoms with van der Waals surface area (Å²) in [6.45, 7) is 6.36. The molecule has 1 saturated heterocycles. The Morgan fingerprint density at radius 3 is 2.60 bits per heavy atom. The van der Waals surface area contributed by atoms with Crippen molar-refractivity contribution in [2.45, 2.75) is 26.7 Å². The standard InChI is InChI=1S/C19H24N4O2/c1-3-23(16-9-5-4-6-10-16)18(24)14-25-17-13-15(2)20-19(21-17)22-11-7-8-12-22/h4-6,9-10,13H,3,7-8,11-12,14H2,1-2H3. The second kappa shape index (κ2) is 7.96. The van der Waals surface area contributed by atoms with Crippen molar-refractivity contribution in [1.82, 2.24) is 9.97 Å². The van der Waals surface area contributed by atoms with Crippen LogP contribution in [0.2, 0.25) is 0 Å². The summed E-state index contributed by atoms with van der Waals surface area (Å²) in [6.07, 6.45) is 2.32. The Balaban J connectivity index is 1.67. The van der Waals surface area contributed by atoms with Gasteiger partial charge in [0.2, 0.25) is 11.8 Å². The Hall–Kier alpha value is -2.63. The predicted molar refractivity (Wildman–Crippen MR) is 98.2 cm³/mol. The average Bonchev–Trinajstić information content (AvgIpc) is 3.16. The average molecular weight is 340 g/mol. The maximum atomic E-state index is 12.5. The first-order valence-electron chi connectivity index (χ1n) is 8.76. The van der Waals surface area contributed by atoms with Gasteiger partial charge in [0.05, 0.1) is 0 Å². The number of anilines is 2. The lowest BCUT2D eigenvalue weighted by molar-refractivity contribution is -0.120. The predicted octanol–water partition coefficient (Wildman–Crippen LogP) is 2.82. The molecule has 0 radical (unpaired) electrons. The Kier molecular flexibility index (Phi) is 5.48. The van der Waals surface area contributed by atoms with Crippen LogP contribution < -0.4 is 14.5 Å². The minimum atomic E-state index is -0.0901. The minimum Gasteiger partial charge on any atom is -0.467 e. The lowest BCUT2D eigenvalue weighted by Crippen LogP contribution is -2.34. The molecule has 0 N–H and O–H groups in total. The van der Waals surface area contributed by atoms with Gasteiger partial charge < -0.3 is 14.5 Å². The number of nitrogens with zero attached hydrogens (tertiary/aromatic N) is 4. The Morgan fingerprint density at radius 2 is 1.92 bits per heavy atom. The van der Waals surface area contributed by atoms with Gasteiger partial charge in [-0.25, -0.2) is 4.98 Å². The summed E-state index contributed by atoms with van der Waals surface area (Å²) in [5, 5.41) is 0. The SMILES string of the molecule is CCN(C(=O)COc1cc(C)nc(N2CCCC2)n1)c1ccccc1. The molecular formula is C19H24N4O2. The van der Waals surface area contributed by atoms with Crippen LogP contribution in [0.1, 0.15) is 25.5 Å². The molecule has 1 aromatic heterocycles. The monoisotopic (exact) mass is 340 g/mol. The fourth-order valence-electron chi connectivity index (χ4n) is 2.98. The van der Waals surface area contributed by atoms with Gasteiger partial charge in [0.15, 0.2) is 6.61 Å². The van der Waals surface area contributed by atoms with Crippen LogP contribution in [0.5, 0.6) is 5.88 Å². The zero-order chi connectivity index (χ0) is 17.6. The Labute approximate surface area is 148 Å². The third kappa shape index (κ3) is 4.26. The van der Waals surface area contributed by atoms with Crippen LogP contribution in [0.15, 0.2) is 36.4 Å². The molecule has 0 saturated carbocycles. The summed E-state index contributed by atoms with van der Waals surface area (Å²) in [6, 6.07) is 11.4. The molecule has 0 aliphatic carbocycles. The molecule has 1 fully saturated rings. The zero-order valence-corrected chi connectivity index (χ0v) is 14.8. The van der Waals surface area contributed by atoms with E-state index in [-0.39, 0.29) is 12.5 Å². The van der Waals surface area contributed by atoms with E-state index in [1.165, 1.54) is 0 Å². The van der Waals surface area contributed by atoms with Gasteiger partial charge in [-0.05, 0) is 38.8 Å². The van der Waals surface area contributed by atoms with E-state index in [4.69, 9.17) is 4.74 Å². The maximum absolute atomic E-state index is 12.5. The number of hydrogen-bond acceptors (Lipinski definition) is 5. The first-order valence-corrected chi connectivity index (χ1v) is 8.76. The molecule has 1 amide bonds. The van der Waals surface area contributed by atoms with Crippen molar-refractivity contribution in [3.05, 3.63) is 42.1 Å². The molecule has 1 aliphatic heterocycles. The number of ether oxygens (including phenoxy) is 1. The number of carbonyl (C=O) groups is 1. The fourth-order valence-corrected chi connectivity index (χ4v) is 2.98. The van der Waals surface area contributed by atoms with E-state index in [1.54, 1.807) is 11.0 Å². The number of amides is 1. The molecule has 1 aromatic carbocycles. The van der Waals surface area contributed by atoms with Gasteiger partial charge in [-0.2, -0.15) is 4.98 Å². The lowest BCUT2D eigenvalue weighted by atomic mass is 10.3. The van der Waals surface area contributed by atoms with Gasteiger partial charge in [-0.3, -0.25) is 4.79 Å². The molecule has 6 heteroatoms. The normalized spacial score (nSPS) is 13.8. The van der Waals surface area contributed by atoms with Crippen LogP contribution in [0, 0.1) is 6.92 Å². The van der Waals surface area contributed by atoms with Gasteiger partial charge in [-0.15, -0.1) is 0 Å². The number of hydrogen-bond donors (Lipinski definition) is 0. The summed E-state index contributed by atoms with van der Waals surface area (Å²) in [5.41, 5.74) is 1.71. The van der Waals surface area contributed by atoms with Crippen molar-refractivity contribution in [3.8, 4) is 5.88 Å². The van der Waals surface area contributed by atoms with E-state index in [1.807, 2.05) is 44.2 Å². The number of benzene rings is 1. The highest BCUT2D eigenvalue weighted by Gasteiger charge is 2.18. The highest BCUT2D eigenvalue weighted by Crippen LogP contribution is 2.20. The van der Waals surface area contributed by atoms with E-state index in [2.05, 4.69) is 14.9 Å². The molecule has 3 rings (SSSR count). The fraction of sp³-hybridized carbons (Fsp3) is 0.421. The van der Waals surface area contributed by atoms with Crippen LogP contribution in [0.3, 0.4) is 0 Å². The van der Waals surface area contributed by atoms with E-state index in [0.717, 1.165) is 37.3 Å². The van der Waals surface area contributed by atoms with Crippen LogP contribution in [0.25, 0.3) is 0 Å².